The molecule has 0 amide bonds. The molecule has 0 N–H and O–H groups in total. The van der Waals surface area contributed by atoms with E-state index in [9.17, 15) is 4.79 Å². The molecule has 0 saturated carbocycles. The van der Waals surface area contributed by atoms with Crippen molar-refractivity contribution in [2.45, 2.75) is 0 Å². The molecule has 0 aliphatic rings. The predicted molar refractivity (Wildman–Crippen MR) is 64.5 cm³/mol. The van der Waals surface area contributed by atoms with Crippen molar-refractivity contribution in [3.8, 4) is 10.4 Å². The molecule has 2 aromatic rings. The molecule has 3 nitrogen and oxygen atoms in total. The minimum absolute atomic E-state index is 0.376. The molecule has 6 heteroatoms. The van der Waals surface area contributed by atoms with E-state index in [1.807, 2.05) is 10.8 Å². The summed E-state index contributed by atoms with van der Waals surface area (Å²) in [5, 5.41) is 3.94. The van der Waals surface area contributed by atoms with Crippen LogP contribution in [0.15, 0.2) is 20.7 Å². The van der Waals surface area contributed by atoms with Crippen LogP contribution in [0, 0.1) is 0 Å². The largest absolute Gasteiger partial charge is 0.464 e. The molecule has 0 bridgehead atoms. The van der Waals surface area contributed by atoms with Crippen molar-refractivity contribution in [1.82, 2.24) is 4.98 Å². The van der Waals surface area contributed by atoms with E-state index >= 15 is 0 Å². The summed E-state index contributed by atoms with van der Waals surface area (Å²) < 4.78 is 5.64. The number of thiophene rings is 1. The van der Waals surface area contributed by atoms with Crippen LogP contribution in [0.25, 0.3) is 10.4 Å². The van der Waals surface area contributed by atoms with E-state index in [1.165, 1.54) is 18.4 Å². The van der Waals surface area contributed by atoms with Gasteiger partial charge in [0.2, 0.25) is 0 Å². The lowest BCUT2D eigenvalue weighted by atomic mass is 10.2. The number of halogens is 1. The minimum Gasteiger partial charge on any atom is -0.464 e. The van der Waals surface area contributed by atoms with Gasteiger partial charge in [-0.1, -0.05) is 0 Å². The van der Waals surface area contributed by atoms with E-state index in [0.29, 0.717) is 5.69 Å². The van der Waals surface area contributed by atoms with Gasteiger partial charge in [0.25, 0.3) is 0 Å². The van der Waals surface area contributed by atoms with Crippen LogP contribution in [0.5, 0.6) is 0 Å². The average molecular weight is 304 g/mol. The van der Waals surface area contributed by atoms with E-state index in [1.54, 1.807) is 16.8 Å². The van der Waals surface area contributed by atoms with Gasteiger partial charge in [-0.15, -0.1) is 11.3 Å². The third-order valence-electron chi connectivity index (χ3n) is 1.81. The zero-order chi connectivity index (χ0) is 10.8. The van der Waals surface area contributed by atoms with Crippen LogP contribution in [-0.2, 0) is 4.74 Å². The number of aromatic nitrogens is 1. The van der Waals surface area contributed by atoms with Crippen LogP contribution in [0.1, 0.15) is 10.5 Å². The van der Waals surface area contributed by atoms with Crippen LogP contribution in [-0.4, -0.2) is 18.1 Å². The van der Waals surface area contributed by atoms with Crippen LogP contribution >= 0.6 is 38.6 Å². The summed E-state index contributed by atoms with van der Waals surface area (Å²) >= 11 is 6.43. The smallest absolute Gasteiger partial charge is 0.358 e. The highest BCUT2D eigenvalue weighted by Crippen LogP contribution is 2.36. The van der Waals surface area contributed by atoms with E-state index in [4.69, 9.17) is 0 Å². The third-order valence-corrected chi connectivity index (χ3v) is 4.37. The Labute approximate surface area is 103 Å². The Morgan fingerprint density at radius 1 is 1.53 bits per heavy atom. The molecule has 2 rings (SSSR count). The maximum absolute atomic E-state index is 11.4. The maximum atomic E-state index is 11.4. The number of carbonyl (C=O) groups excluding carboxylic acids is 1. The molecule has 0 aromatic carbocycles. The monoisotopic (exact) mass is 303 g/mol. The van der Waals surface area contributed by atoms with Gasteiger partial charge in [-0.2, -0.15) is 11.3 Å². The topological polar surface area (TPSA) is 39.2 Å². The molecule has 0 unspecified atom stereocenters. The van der Waals surface area contributed by atoms with Crippen molar-refractivity contribution in [2.75, 3.05) is 7.11 Å². The summed E-state index contributed by atoms with van der Waals surface area (Å²) in [6.45, 7) is 0. The number of carbonyl (C=O) groups is 1. The second kappa shape index (κ2) is 4.42. The van der Waals surface area contributed by atoms with Crippen LogP contribution in [0.4, 0.5) is 0 Å². The number of hydrogen-bond acceptors (Lipinski definition) is 5. The van der Waals surface area contributed by atoms with Gasteiger partial charge in [0, 0.05) is 20.8 Å². The second-order valence-electron chi connectivity index (χ2n) is 2.66. The van der Waals surface area contributed by atoms with Gasteiger partial charge < -0.3 is 4.74 Å². The van der Waals surface area contributed by atoms with Crippen molar-refractivity contribution in [3.63, 3.8) is 0 Å². The second-order valence-corrected chi connectivity index (χ2v) is 5.11. The van der Waals surface area contributed by atoms with Crippen molar-refractivity contribution in [3.05, 3.63) is 26.4 Å². The molecule has 15 heavy (non-hydrogen) atoms. The molecule has 0 atom stereocenters. The number of methoxy groups -OCH3 is 1. The zero-order valence-electron chi connectivity index (χ0n) is 7.69. The fourth-order valence-corrected chi connectivity index (χ4v) is 3.62. The molecule has 78 valence electrons. The lowest BCUT2D eigenvalue weighted by Gasteiger charge is -1.98. The molecule has 2 heterocycles. The van der Waals surface area contributed by atoms with Gasteiger partial charge in [-0.3, -0.25) is 0 Å². The Balaban J connectivity index is 2.50. The minimum atomic E-state index is -0.399. The quantitative estimate of drug-likeness (QED) is 0.798. The van der Waals surface area contributed by atoms with Gasteiger partial charge in [0.05, 0.1) is 17.5 Å². The fourth-order valence-electron chi connectivity index (χ4n) is 1.12. The number of hydrogen-bond donors (Lipinski definition) is 0. The Bertz CT molecular complexity index is 492. The van der Waals surface area contributed by atoms with E-state index in [2.05, 4.69) is 25.7 Å². The summed E-state index contributed by atoms with van der Waals surface area (Å²) in [7, 11) is 1.36. The average Bonchev–Trinajstić information content (AvgIpc) is 2.84. The highest BCUT2D eigenvalue weighted by Gasteiger charge is 2.18. The Morgan fingerprint density at radius 3 is 2.93 bits per heavy atom. The molecule has 0 radical (unpaired) electrons. The first-order valence-electron chi connectivity index (χ1n) is 3.98. The molecule has 2 aromatic heterocycles. The van der Waals surface area contributed by atoms with Gasteiger partial charge in [0.15, 0.2) is 5.69 Å². The molecule has 0 aliphatic carbocycles. The third kappa shape index (κ3) is 1.97. The standard InChI is InChI=1S/C9H6BrNO2S2/c1-13-9(12)7-8(15-4-11-7)5-2-14-3-6(5)10/h2-4H,1H3. The summed E-state index contributed by atoms with van der Waals surface area (Å²) in [4.78, 5) is 16.3. The normalized spacial score (nSPS) is 10.3. The fraction of sp³-hybridized carbons (Fsp3) is 0.111. The van der Waals surface area contributed by atoms with Crippen LogP contribution in [0.3, 0.4) is 0 Å². The maximum Gasteiger partial charge on any atom is 0.358 e. The summed E-state index contributed by atoms with van der Waals surface area (Å²) in [6.07, 6.45) is 0. The molecule has 0 aliphatic heterocycles. The summed E-state index contributed by atoms with van der Waals surface area (Å²) in [6, 6.07) is 0. The Morgan fingerprint density at radius 2 is 2.33 bits per heavy atom. The highest BCUT2D eigenvalue weighted by molar-refractivity contribution is 9.10. The lowest BCUT2D eigenvalue weighted by Crippen LogP contribution is -2.02. The zero-order valence-corrected chi connectivity index (χ0v) is 10.9. The molecule has 0 fully saturated rings. The lowest BCUT2D eigenvalue weighted by molar-refractivity contribution is 0.0596. The number of thiazole rings is 1. The van der Waals surface area contributed by atoms with Gasteiger partial charge in [-0.05, 0) is 15.9 Å². The molecular formula is C9H6BrNO2S2. The van der Waals surface area contributed by atoms with Crippen molar-refractivity contribution >= 4 is 44.6 Å². The van der Waals surface area contributed by atoms with Crippen molar-refractivity contribution in [2.24, 2.45) is 0 Å². The summed E-state index contributed by atoms with van der Waals surface area (Å²) in [5.41, 5.74) is 3.01. The van der Waals surface area contributed by atoms with Gasteiger partial charge in [-0.25, -0.2) is 9.78 Å². The number of rotatable bonds is 2. The predicted octanol–water partition coefficient (Wildman–Crippen LogP) is 3.42. The number of ether oxygens (including phenoxy) is 1. The molecular weight excluding hydrogens is 298 g/mol. The first-order valence-corrected chi connectivity index (χ1v) is 6.59. The SMILES string of the molecule is COC(=O)c1ncsc1-c1cscc1Br. The summed E-state index contributed by atoms with van der Waals surface area (Å²) in [5.74, 6) is -0.399. The molecule has 0 saturated heterocycles. The number of nitrogens with zero attached hydrogens (tertiary/aromatic N) is 1. The molecule has 0 spiro atoms. The first-order chi connectivity index (χ1) is 7.24. The van der Waals surface area contributed by atoms with E-state index in [-0.39, 0.29) is 0 Å². The van der Waals surface area contributed by atoms with E-state index < -0.39 is 5.97 Å². The van der Waals surface area contributed by atoms with Gasteiger partial charge in [0.1, 0.15) is 0 Å². The van der Waals surface area contributed by atoms with E-state index in [0.717, 1.165) is 14.9 Å². The van der Waals surface area contributed by atoms with Crippen LogP contribution in [0.2, 0.25) is 0 Å². The van der Waals surface area contributed by atoms with Crippen molar-refractivity contribution < 1.29 is 9.53 Å². The Hall–Kier alpha value is -0.720. The Kier molecular flexibility index (Phi) is 3.18. The van der Waals surface area contributed by atoms with Crippen molar-refractivity contribution in [1.29, 1.82) is 0 Å². The highest BCUT2D eigenvalue weighted by atomic mass is 79.9. The van der Waals surface area contributed by atoms with Gasteiger partial charge >= 0.3 is 5.97 Å². The first kappa shape index (κ1) is 10.8. The number of esters is 1. The van der Waals surface area contributed by atoms with Crippen LogP contribution < -0.4 is 0 Å².